The average molecular weight is 243 g/mol. The molecule has 0 aliphatic heterocycles. The van der Waals surface area contributed by atoms with E-state index in [9.17, 15) is 4.79 Å². The van der Waals surface area contributed by atoms with Crippen LogP contribution in [0.3, 0.4) is 0 Å². The van der Waals surface area contributed by atoms with E-state index in [1.807, 2.05) is 26.0 Å². The summed E-state index contributed by atoms with van der Waals surface area (Å²) in [5.74, 6) is -0.321. The maximum absolute atomic E-state index is 11.0. The fourth-order valence-corrected chi connectivity index (χ4v) is 1.57. The van der Waals surface area contributed by atoms with Crippen molar-refractivity contribution in [3.05, 3.63) is 53.2 Å². The molecule has 92 valence electrons. The third kappa shape index (κ3) is 2.32. The van der Waals surface area contributed by atoms with Crippen molar-refractivity contribution in [3.63, 3.8) is 0 Å². The minimum absolute atomic E-state index is 0.0541. The van der Waals surface area contributed by atoms with Crippen LogP contribution < -0.4 is 4.74 Å². The molecule has 1 heterocycles. The molecule has 0 spiro atoms. The van der Waals surface area contributed by atoms with Crippen LogP contribution in [-0.4, -0.2) is 16.1 Å². The molecular weight excluding hydrogens is 230 g/mol. The lowest BCUT2D eigenvalue weighted by Gasteiger charge is -2.10. The normalized spacial score (nSPS) is 10.1. The van der Waals surface area contributed by atoms with E-state index in [1.54, 1.807) is 12.1 Å². The molecule has 1 N–H and O–H groups in total. The Kier molecular flexibility index (Phi) is 3.28. The first-order valence-corrected chi connectivity index (χ1v) is 5.52. The van der Waals surface area contributed by atoms with Crippen molar-refractivity contribution in [3.8, 4) is 11.6 Å². The van der Waals surface area contributed by atoms with Gasteiger partial charge in [0, 0.05) is 6.20 Å². The van der Waals surface area contributed by atoms with Crippen molar-refractivity contribution in [2.75, 3.05) is 0 Å². The van der Waals surface area contributed by atoms with Crippen LogP contribution in [0.15, 0.2) is 36.5 Å². The van der Waals surface area contributed by atoms with Crippen molar-refractivity contribution in [1.29, 1.82) is 0 Å². The van der Waals surface area contributed by atoms with E-state index in [0.717, 1.165) is 11.1 Å². The first-order chi connectivity index (χ1) is 8.59. The van der Waals surface area contributed by atoms with E-state index in [-0.39, 0.29) is 11.4 Å². The van der Waals surface area contributed by atoms with Gasteiger partial charge < -0.3 is 9.84 Å². The van der Waals surface area contributed by atoms with Gasteiger partial charge >= 0.3 is 5.97 Å². The van der Waals surface area contributed by atoms with E-state index >= 15 is 0 Å². The Labute approximate surface area is 105 Å². The first-order valence-electron chi connectivity index (χ1n) is 5.52. The molecule has 0 unspecified atom stereocenters. The van der Waals surface area contributed by atoms with Gasteiger partial charge in [0.2, 0.25) is 5.88 Å². The number of hydrogen-bond donors (Lipinski definition) is 1. The highest BCUT2D eigenvalue weighted by molar-refractivity contribution is 5.90. The quantitative estimate of drug-likeness (QED) is 0.899. The average Bonchev–Trinajstić information content (AvgIpc) is 2.35. The zero-order chi connectivity index (χ0) is 13.1. The Bertz CT molecular complexity index is 593. The van der Waals surface area contributed by atoms with Gasteiger partial charge in [-0.25, -0.2) is 9.78 Å². The second-order valence-corrected chi connectivity index (χ2v) is 3.96. The lowest BCUT2D eigenvalue weighted by Crippen LogP contribution is -2.02. The number of ether oxygens (including phenoxy) is 1. The van der Waals surface area contributed by atoms with Crippen LogP contribution in [-0.2, 0) is 0 Å². The molecule has 0 saturated heterocycles. The number of pyridine rings is 1. The summed E-state index contributed by atoms with van der Waals surface area (Å²) in [6.45, 7) is 3.90. The Morgan fingerprint density at radius 2 is 2.00 bits per heavy atom. The van der Waals surface area contributed by atoms with Gasteiger partial charge in [-0.05, 0) is 43.2 Å². The van der Waals surface area contributed by atoms with Gasteiger partial charge in [0.25, 0.3) is 0 Å². The van der Waals surface area contributed by atoms with Crippen LogP contribution >= 0.6 is 0 Å². The highest BCUT2D eigenvalue weighted by Gasteiger charge is 2.13. The molecule has 1 aromatic heterocycles. The number of carboxylic acids is 1. The number of aromatic carboxylic acids is 1. The molecule has 0 aliphatic carbocycles. The molecular formula is C14H13NO3. The van der Waals surface area contributed by atoms with Gasteiger partial charge in [-0.2, -0.15) is 0 Å². The Hall–Kier alpha value is -2.36. The lowest BCUT2D eigenvalue weighted by molar-refractivity contribution is 0.0693. The number of carbonyl (C=O) groups is 1. The Morgan fingerprint density at radius 3 is 2.72 bits per heavy atom. The van der Waals surface area contributed by atoms with Gasteiger partial charge in [0.05, 0.1) is 0 Å². The van der Waals surface area contributed by atoms with Crippen molar-refractivity contribution >= 4 is 5.97 Å². The van der Waals surface area contributed by atoms with Gasteiger partial charge in [-0.15, -0.1) is 0 Å². The van der Waals surface area contributed by atoms with Crippen LogP contribution in [0.5, 0.6) is 11.6 Å². The van der Waals surface area contributed by atoms with Crippen molar-refractivity contribution in [2.45, 2.75) is 13.8 Å². The number of nitrogens with zero attached hydrogens (tertiary/aromatic N) is 1. The van der Waals surface area contributed by atoms with Crippen molar-refractivity contribution < 1.29 is 14.6 Å². The highest BCUT2D eigenvalue weighted by atomic mass is 16.5. The molecule has 1 aromatic carbocycles. The summed E-state index contributed by atoms with van der Waals surface area (Å²) in [5, 5.41) is 9.05. The molecule has 0 fully saturated rings. The lowest BCUT2D eigenvalue weighted by atomic mass is 10.1. The zero-order valence-corrected chi connectivity index (χ0v) is 10.2. The van der Waals surface area contributed by atoms with Crippen LogP contribution in [0.2, 0.25) is 0 Å². The number of carboxylic acid groups (broad SMARTS) is 1. The molecule has 0 aliphatic rings. The summed E-state index contributed by atoms with van der Waals surface area (Å²) in [7, 11) is 0. The molecule has 0 amide bonds. The predicted molar refractivity (Wildman–Crippen MR) is 67.2 cm³/mol. The van der Waals surface area contributed by atoms with E-state index < -0.39 is 5.97 Å². The van der Waals surface area contributed by atoms with Gasteiger partial charge in [0.15, 0.2) is 0 Å². The molecule has 0 bridgehead atoms. The number of aromatic nitrogens is 1. The molecule has 4 nitrogen and oxygen atoms in total. The maximum Gasteiger partial charge on any atom is 0.341 e. The minimum Gasteiger partial charge on any atom is -0.477 e. The Balaban J connectivity index is 2.40. The minimum atomic E-state index is -1.05. The SMILES string of the molecule is Cc1cccc(Oc2ncccc2C(=O)O)c1C. The van der Waals surface area contributed by atoms with Crippen LogP contribution in [0.4, 0.5) is 0 Å². The molecule has 18 heavy (non-hydrogen) atoms. The molecule has 0 atom stereocenters. The van der Waals surface area contributed by atoms with Gasteiger partial charge in [-0.3, -0.25) is 0 Å². The standard InChI is InChI=1S/C14H13NO3/c1-9-5-3-7-12(10(9)2)18-13-11(14(16)17)6-4-8-15-13/h3-8H,1-2H3,(H,16,17). The first kappa shape index (κ1) is 12.1. The monoisotopic (exact) mass is 243 g/mol. The summed E-state index contributed by atoms with van der Waals surface area (Å²) < 4.78 is 5.59. The van der Waals surface area contributed by atoms with E-state index in [0.29, 0.717) is 5.75 Å². The summed E-state index contributed by atoms with van der Waals surface area (Å²) in [6.07, 6.45) is 1.51. The highest BCUT2D eigenvalue weighted by Crippen LogP contribution is 2.27. The zero-order valence-electron chi connectivity index (χ0n) is 10.2. The summed E-state index contributed by atoms with van der Waals surface area (Å²) in [5.41, 5.74) is 2.11. The molecule has 0 radical (unpaired) electrons. The van der Waals surface area contributed by atoms with E-state index in [2.05, 4.69) is 4.98 Å². The Morgan fingerprint density at radius 1 is 1.22 bits per heavy atom. The van der Waals surface area contributed by atoms with E-state index in [4.69, 9.17) is 9.84 Å². The number of rotatable bonds is 3. The van der Waals surface area contributed by atoms with Gasteiger partial charge in [-0.1, -0.05) is 12.1 Å². The fourth-order valence-electron chi connectivity index (χ4n) is 1.57. The third-order valence-corrected chi connectivity index (χ3v) is 2.76. The summed E-state index contributed by atoms with van der Waals surface area (Å²) >= 11 is 0. The second kappa shape index (κ2) is 4.87. The molecule has 0 saturated carbocycles. The predicted octanol–water partition coefficient (Wildman–Crippen LogP) is 3.19. The summed E-state index contributed by atoms with van der Waals surface area (Å²) in [6, 6.07) is 8.66. The van der Waals surface area contributed by atoms with Crippen LogP contribution in [0, 0.1) is 13.8 Å². The topological polar surface area (TPSA) is 59.4 Å². The number of aryl methyl sites for hydroxylation is 1. The van der Waals surface area contributed by atoms with Gasteiger partial charge in [0.1, 0.15) is 11.3 Å². The van der Waals surface area contributed by atoms with E-state index in [1.165, 1.54) is 12.3 Å². The smallest absolute Gasteiger partial charge is 0.341 e. The molecule has 2 rings (SSSR count). The van der Waals surface area contributed by atoms with Crippen molar-refractivity contribution in [1.82, 2.24) is 4.98 Å². The molecule has 2 aromatic rings. The maximum atomic E-state index is 11.0. The number of benzene rings is 1. The van der Waals surface area contributed by atoms with Crippen LogP contribution in [0.1, 0.15) is 21.5 Å². The summed E-state index contributed by atoms with van der Waals surface area (Å²) in [4.78, 5) is 15.0. The van der Waals surface area contributed by atoms with Crippen molar-refractivity contribution in [2.24, 2.45) is 0 Å². The largest absolute Gasteiger partial charge is 0.477 e. The second-order valence-electron chi connectivity index (χ2n) is 3.96. The fraction of sp³-hybridized carbons (Fsp3) is 0.143. The van der Waals surface area contributed by atoms with Crippen LogP contribution in [0.25, 0.3) is 0 Å². The molecule has 4 heteroatoms. The number of hydrogen-bond acceptors (Lipinski definition) is 3. The third-order valence-electron chi connectivity index (χ3n) is 2.76.